The van der Waals surface area contributed by atoms with Gasteiger partial charge in [-0.3, -0.25) is 3.59 Å². The molecule has 17 heavy (non-hydrogen) atoms. The van der Waals surface area contributed by atoms with Crippen LogP contribution >= 0.6 is 79.9 Å². The Morgan fingerprint density at radius 1 is 0.941 bits per heavy atom. The van der Waals surface area contributed by atoms with Crippen LogP contribution in [0, 0.1) is 0 Å². The van der Waals surface area contributed by atoms with Gasteiger partial charge in [-0.15, -0.1) is 0 Å². The van der Waals surface area contributed by atoms with Gasteiger partial charge in [-0.1, -0.05) is 0 Å². The molecular weight excluding hydrogens is 550 g/mol. The van der Waals surface area contributed by atoms with Crippen LogP contribution in [0.2, 0.25) is 0 Å². The second-order valence-corrected chi connectivity index (χ2v) is 7.27. The summed E-state index contributed by atoms with van der Waals surface area (Å²) in [4.78, 5) is 0. The summed E-state index contributed by atoms with van der Waals surface area (Å²) >= 11 is 17.0. The molecule has 0 amide bonds. The molecule has 1 N–H and O–H groups in total. The third-order valence-corrected chi connectivity index (χ3v) is 6.67. The van der Waals surface area contributed by atoms with Gasteiger partial charge in [-0.05, 0) is 75.9 Å². The zero-order valence-electron chi connectivity index (χ0n) is 8.02. The van der Waals surface area contributed by atoms with E-state index in [4.69, 9.17) is 0 Å². The van der Waals surface area contributed by atoms with Gasteiger partial charge in [0.25, 0.3) is 0 Å². The van der Waals surface area contributed by atoms with Crippen LogP contribution in [0.1, 0.15) is 0 Å². The van der Waals surface area contributed by atoms with Gasteiger partial charge in [0.2, 0.25) is 0 Å². The molecule has 0 atom stereocenters. The van der Waals surface area contributed by atoms with Gasteiger partial charge in [0.1, 0.15) is 5.75 Å². The van der Waals surface area contributed by atoms with Crippen molar-refractivity contribution < 1.29 is 5.11 Å². The summed E-state index contributed by atoms with van der Waals surface area (Å²) < 4.78 is 4.98. The summed E-state index contributed by atoms with van der Waals surface area (Å²) in [6, 6.07) is 3.72. The molecule has 1 aromatic carbocycles. The van der Waals surface area contributed by atoms with E-state index < -0.39 is 0 Å². The van der Waals surface area contributed by atoms with E-state index in [-0.39, 0.29) is 5.75 Å². The van der Waals surface area contributed by atoms with Crippen LogP contribution in [-0.2, 0) is 0 Å². The van der Waals surface area contributed by atoms with Gasteiger partial charge in [0.15, 0.2) is 0 Å². The Balaban J connectivity index is 2.73. The molecule has 0 radical (unpaired) electrons. The zero-order valence-corrected chi connectivity index (χ0v) is 15.9. The van der Waals surface area contributed by atoms with Crippen LogP contribution in [0.3, 0.4) is 0 Å². The van der Waals surface area contributed by atoms with Crippen LogP contribution in [-0.4, -0.2) is 8.70 Å². The highest BCUT2D eigenvalue weighted by molar-refractivity contribution is 9.13. The van der Waals surface area contributed by atoms with Crippen molar-refractivity contribution >= 4 is 79.9 Å². The average molecular weight is 554 g/mol. The van der Waals surface area contributed by atoms with Crippen LogP contribution in [0.4, 0.5) is 0 Å². The molecule has 7 heteroatoms. The standard InChI is InChI=1S/C10H4Br5NO/c11-5-2-1-4(10(17)8(5)14)9-7(13)6(12)3-16(9)15/h1-3,17H. The maximum Gasteiger partial charge on any atom is 0.140 e. The van der Waals surface area contributed by atoms with E-state index in [0.29, 0.717) is 4.47 Å². The molecule has 0 bridgehead atoms. The fourth-order valence-corrected chi connectivity index (χ4v) is 4.04. The van der Waals surface area contributed by atoms with E-state index in [1.54, 1.807) is 3.59 Å². The molecular formula is C10H4Br5NO. The van der Waals surface area contributed by atoms with Crippen molar-refractivity contribution in [2.45, 2.75) is 0 Å². The van der Waals surface area contributed by atoms with Gasteiger partial charge >= 0.3 is 0 Å². The number of aromatic hydroxyl groups is 1. The van der Waals surface area contributed by atoms with Gasteiger partial charge in [-0.25, -0.2) is 0 Å². The predicted octanol–water partition coefficient (Wildman–Crippen LogP) is 6.07. The molecule has 0 fully saturated rings. The first-order chi connectivity index (χ1) is 7.93. The van der Waals surface area contributed by atoms with Crippen molar-refractivity contribution in [1.82, 2.24) is 3.59 Å². The SMILES string of the molecule is Oc1c(-c2c(Br)c(Br)cn2Br)ccc(Br)c1Br. The fraction of sp³-hybridized carbons (Fsp3) is 0. The lowest BCUT2D eigenvalue weighted by atomic mass is 10.1. The quantitative estimate of drug-likeness (QED) is 0.456. The van der Waals surface area contributed by atoms with E-state index in [2.05, 4.69) is 79.9 Å². The summed E-state index contributed by atoms with van der Waals surface area (Å²) in [5.74, 6) is 0.186. The van der Waals surface area contributed by atoms with Crippen molar-refractivity contribution in [2.24, 2.45) is 0 Å². The zero-order chi connectivity index (χ0) is 12.7. The summed E-state index contributed by atoms with van der Waals surface area (Å²) in [5.41, 5.74) is 1.55. The largest absolute Gasteiger partial charge is 0.506 e. The van der Waals surface area contributed by atoms with Crippen LogP contribution in [0.25, 0.3) is 11.3 Å². The minimum atomic E-state index is 0.186. The molecule has 1 aromatic heterocycles. The van der Waals surface area contributed by atoms with E-state index in [1.165, 1.54) is 0 Å². The van der Waals surface area contributed by atoms with Gasteiger partial charge in [-0.2, -0.15) is 0 Å². The van der Waals surface area contributed by atoms with Crippen molar-refractivity contribution in [3.8, 4) is 17.0 Å². The first-order valence-corrected chi connectivity index (χ1v) is 8.21. The summed E-state index contributed by atoms with van der Waals surface area (Å²) in [7, 11) is 0. The molecule has 2 nitrogen and oxygen atoms in total. The summed E-state index contributed by atoms with van der Waals surface area (Å²) in [6.45, 7) is 0. The first kappa shape index (κ1) is 14.1. The molecule has 0 spiro atoms. The Hall–Kier alpha value is 0.700. The molecule has 0 aliphatic heterocycles. The number of phenolic OH excluding ortho intramolecular Hbond substituents is 1. The second-order valence-electron chi connectivity index (χ2n) is 3.21. The number of benzene rings is 1. The number of rotatable bonds is 1. The summed E-state index contributed by atoms with van der Waals surface area (Å²) in [5, 5.41) is 10.1. The van der Waals surface area contributed by atoms with E-state index in [9.17, 15) is 5.11 Å². The number of hydrogen-bond acceptors (Lipinski definition) is 1. The Labute approximate surface area is 140 Å². The van der Waals surface area contributed by atoms with Crippen molar-refractivity contribution in [1.29, 1.82) is 0 Å². The molecule has 0 unspecified atom stereocenters. The number of hydrogen-bond donors (Lipinski definition) is 1. The Morgan fingerprint density at radius 3 is 2.12 bits per heavy atom. The summed E-state index contributed by atoms with van der Waals surface area (Å²) in [6.07, 6.45) is 1.86. The minimum absolute atomic E-state index is 0.186. The monoisotopic (exact) mass is 549 g/mol. The smallest absolute Gasteiger partial charge is 0.140 e. The lowest BCUT2D eigenvalue weighted by molar-refractivity contribution is 0.473. The molecule has 0 aliphatic rings. The molecule has 2 rings (SSSR count). The number of phenols is 1. The molecule has 90 valence electrons. The topological polar surface area (TPSA) is 25.2 Å². The molecule has 0 saturated carbocycles. The predicted molar refractivity (Wildman–Crippen MR) is 86.7 cm³/mol. The lowest BCUT2D eigenvalue weighted by Crippen LogP contribution is -1.86. The minimum Gasteiger partial charge on any atom is -0.506 e. The van der Waals surface area contributed by atoms with Crippen LogP contribution in [0.15, 0.2) is 36.2 Å². The normalized spacial score (nSPS) is 10.9. The first-order valence-electron chi connectivity index (χ1n) is 4.33. The third-order valence-electron chi connectivity index (χ3n) is 2.18. The molecule has 0 saturated heterocycles. The Bertz CT molecular complexity index is 593. The Morgan fingerprint density at radius 2 is 1.59 bits per heavy atom. The van der Waals surface area contributed by atoms with Crippen molar-refractivity contribution in [3.63, 3.8) is 0 Å². The average Bonchev–Trinajstić information content (AvgIpc) is 2.52. The fourth-order valence-electron chi connectivity index (χ4n) is 1.39. The molecule has 1 heterocycles. The highest BCUT2D eigenvalue weighted by Gasteiger charge is 2.18. The van der Waals surface area contributed by atoms with Crippen molar-refractivity contribution in [3.05, 3.63) is 36.2 Å². The highest BCUT2D eigenvalue weighted by atomic mass is 79.9. The maximum atomic E-state index is 10.1. The van der Waals surface area contributed by atoms with Crippen LogP contribution in [0.5, 0.6) is 5.75 Å². The van der Waals surface area contributed by atoms with Gasteiger partial charge in [0, 0.05) is 16.2 Å². The number of nitrogens with zero attached hydrogens (tertiary/aromatic N) is 1. The van der Waals surface area contributed by atoms with E-state index >= 15 is 0 Å². The third kappa shape index (κ3) is 2.54. The van der Waals surface area contributed by atoms with Gasteiger partial charge < -0.3 is 5.11 Å². The molecule has 2 aromatic rings. The van der Waals surface area contributed by atoms with E-state index in [0.717, 1.165) is 24.7 Å². The highest BCUT2D eigenvalue weighted by Crippen LogP contribution is 2.45. The lowest BCUT2D eigenvalue weighted by Gasteiger charge is -2.09. The number of aromatic nitrogens is 1. The maximum absolute atomic E-state index is 10.1. The van der Waals surface area contributed by atoms with Gasteiger partial charge in [0.05, 0.1) is 35.3 Å². The number of halogens is 5. The molecule has 0 aliphatic carbocycles. The van der Waals surface area contributed by atoms with E-state index in [1.807, 2.05) is 18.3 Å². The Kier molecular flexibility index (Phi) is 4.45. The van der Waals surface area contributed by atoms with Crippen molar-refractivity contribution in [2.75, 3.05) is 0 Å². The second kappa shape index (κ2) is 5.36. The van der Waals surface area contributed by atoms with Crippen LogP contribution < -0.4 is 0 Å².